The molecule has 6 heteroatoms. The first-order chi connectivity index (χ1) is 9.88. The Morgan fingerprint density at radius 1 is 1.48 bits per heavy atom. The minimum atomic E-state index is -0.847. The molecule has 1 aromatic rings. The normalized spacial score (nSPS) is 19.4. The van der Waals surface area contributed by atoms with Crippen molar-refractivity contribution in [2.75, 3.05) is 13.1 Å². The van der Waals surface area contributed by atoms with Gasteiger partial charge in [-0.25, -0.2) is 0 Å². The van der Waals surface area contributed by atoms with Crippen molar-refractivity contribution in [3.05, 3.63) is 28.2 Å². The lowest BCUT2D eigenvalue weighted by molar-refractivity contribution is -0.142. The van der Waals surface area contributed by atoms with Crippen LogP contribution >= 0.6 is 15.9 Å². The number of halogens is 1. The molecule has 5 nitrogen and oxygen atoms in total. The van der Waals surface area contributed by atoms with Crippen molar-refractivity contribution in [3.63, 3.8) is 0 Å². The number of amides is 1. The molecule has 2 rings (SSSR count). The van der Waals surface area contributed by atoms with E-state index in [9.17, 15) is 9.59 Å². The molecule has 0 unspecified atom stereocenters. The van der Waals surface area contributed by atoms with E-state index in [1.807, 2.05) is 25.1 Å². The van der Waals surface area contributed by atoms with Gasteiger partial charge >= 0.3 is 5.97 Å². The summed E-state index contributed by atoms with van der Waals surface area (Å²) in [5.41, 5.74) is 1.09. The molecule has 0 bridgehead atoms. The van der Waals surface area contributed by atoms with Gasteiger partial charge in [0.25, 0.3) is 5.91 Å². The Bertz CT molecular complexity index is 561. The van der Waals surface area contributed by atoms with Crippen LogP contribution in [-0.4, -0.2) is 41.1 Å². The number of hydrogen-bond acceptors (Lipinski definition) is 3. The van der Waals surface area contributed by atoms with E-state index in [4.69, 9.17) is 9.84 Å². The zero-order valence-electron chi connectivity index (χ0n) is 12.0. The average Bonchev–Trinajstić information content (AvgIpc) is 2.90. The highest BCUT2D eigenvalue weighted by Gasteiger charge is 2.33. The molecule has 0 aromatic heterocycles. The van der Waals surface area contributed by atoms with Crippen LogP contribution < -0.4 is 4.74 Å². The van der Waals surface area contributed by atoms with E-state index >= 15 is 0 Å². The number of rotatable bonds is 4. The first kappa shape index (κ1) is 15.8. The minimum Gasteiger partial charge on any atom is -0.481 e. The summed E-state index contributed by atoms with van der Waals surface area (Å²) in [5.74, 6) is -0.880. The summed E-state index contributed by atoms with van der Waals surface area (Å²) >= 11 is 3.41. The molecule has 0 saturated carbocycles. The number of ether oxygens (including phenoxy) is 1. The number of carbonyl (C=O) groups excluding carboxylic acids is 1. The van der Waals surface area contributed by atoms with Gasteiger partial charge in [-0.3, -0.25) is 9.59 Å². The molecule has 1 aromatic carbocycles. The molecule has 1 heterocycles. The van der Waals surface area contributed by atoms with Crippen molar-refractivity contribution in [1.82, 2.24) is 4.90 Å². The summed E-state index contributed by atoms with van der Waals surface area (Å²) in [6.45, 7) is 4.39. The molecule has 1 aliphatic rings. The van der Waals surface area contributed by atoms with Crippen LogP contribution in [0.5, 0.6) is 5.75 Å². The molecule has 0 radical (unpaired) electrons. The van der Waals surface area contributed by atoms with Crippen molar-refractivity contribution in [3.8, 4) is 5.75 Å². The van der Waals surface area contributed by atoms with Crippen LogP contribution in [0.4, 0.5) is 0 Å². The van der Waals surface area contributed by atoms with Gasteiger partial charge in [0.2, 0.25) is 0 Å². The molecule has 21 heavy (non-hydrogen) atoms. The van der Waals surface area contributed by atoms with E-state index in [0.717, 1.165) is 10.0 Å². The van der Waals surface area contributed by atoms with Gasteiger partial charge in [-0.15, -0.1) is 0 Å². The third-order valence-electron chi connectivity index (χ3n) is 3.59. The summed E-state index contributed by atoms with van der Waals surface area (Å²) in [6, 6.07) is 5.64. The van der Waals surface area contributed by atoms with Crippen LogP contribution in [0.1, 0.15) is 18.9 Å². The van der Waals surface area contributed by atoms with Crippen LogP contribution in [0, 0.1) is 12.8 Å². The standard InChI is InChI=1S/C15H18BrNO4/c1-9-3-4-13(12(16)7-9)21-10(2)14(18)17-6-5-11(8-17)15(19)20/h3-4,7,10-11H,5-6,8H2,1-2H3,(H,19,20)/t10-,11+/m1/s1. The topological polar surface area (TPSA) is 66.8 Å². The molecule has 1 fully saturated rings. The van der Waals surface area contributed by atoms with E-state index in [2.05, 4.69) is 15.9 Å². The summed E-state index contributed by atoms with van der Waals surface area (Å²) < 4.78 is 6.48. The number of carboxylic acid groups (broad SMARTS) is 1. The second-order valence-electron chi connectivity index (χ2n) is 5.30. The number of carbonyl (C=O) groups is 2. The third kappa shape index (κ3) is 3.75. The number of aliphatic carboxylic acids is 1. The van der Waals surface area contributed by atoms with E-state index in [1.54, 1.807) is 11.8 Å². The van der Waals surface area contributed by atoms with Crippen LogP contribution in [0.15, 0.2) is 22.7 Å². The van der Waals surface area contributed by atoms with E-state index in [1.165, 1.54) is 0 Å². The first-order valence-corrected chi connectivity index (χ1v) is 7.62. The van der Waals surface area contributed by atoms with Gasteiger partial charge in [-0.05, 0) is 53.9 Å². The van der Waals surface area contributed by atoms with Gasteiger partial charge in [0.15, 0.2) is 6.10 Å². The highest BCUT2D eigenvalue weighted by atomic mass is 79.9. The number of carboxylic acids is 1. The van der Waals surface area contributed by atoms with Crippen molar-refractivity contribution in [2.45, 2.75) is 26.4 Å². The summed E-state index contributed by atoms with van der Waals surface area (Å²) in [7, 11) is 0. The van der Waals surface area contributed by atoms with Gasteiger partial charge in [-0.1, -0.05) is 6.07 Å². The fourth-order valence-electron chi connectivity index (χ4n) is 2.36. The van der Waals surface area contributed by atoms with Gasteiger partial charge in [0.05, 0.1) is 10.4 Å². The molecule has 2 atom stereocenters. The predicted octanol–water partition coefficient (Wildman–Crippen LogP) is 2.46. The minimum absolute atomic E-state index is 0.175. The maximum absolute atomic E-state index is 12.3. The molecule has 114 valence electrons. The van der Waals surface area contributed by atoms with Gasteiger partial charge in [-0.2, -0.15) is 0 Å². The zero-order valence-corrected chi connectivity index (χ0v) is 13.6. The van der Waals surface area contributed by atoms with Crippen LogP contribution in [0.3, 0.4) is 0 Å². The highest BCUT2D eigenvalue weighted by molar-refractivity contribution is 9.10. The van der Waals surface area contributed by atoms with Crippen LogP contribution in [-0.2, 0) is 9.59 Å². The third-order valence-corrected chi connectivity index (χ3v) is 4.21. The number of aryl methyl sites for hydroxylation is 1. The molecular formula is C15H18BrNO4. The largest absolute Gasteiger partial charge is 0.481 e. The van der Waals surface area contributed by atoms with E-state index in [-0.39, 0.29) is 12.5 Å². The van der Waals surface area contributed by atoms with Crippen molar-refractivity contribution in [1.29, 1.82) is 0 Å². The summed E-state index contributed by atoms with van der Waals surface area (Å²) in [4.78, 5) is 24.8. The van der Waals surface area contributed by atoms with Gasteiger partial charge in [0, 0.05) is 13.1 Å². The Hall–Kier alpha value is -1.56. The number of hydrogen-bond donors (Lipinski definition) is 1. The molecule has 1 saturated heterocycles. The maximum atomic E-state index is 12.3. The SMILES string of the molecule is Cc1ccc(O[C@H](C)C(=O)N2CC[C@H](C(=O)O)C2)c(Br)c1. The highest BCUT2D eigenvalue weighted by Crippen LogP contribution is 2.27. The van der Waals surface area contributed by atoms with Crippen LogP contribution in [0.2, 0.25) is 0 Å². The maximum Gasteiger partial charge on any atom is 0.308 e. The Kier molecular flexibility index (Phi) is 4.88. The second-order valence-corrected chi connectivity index (χ2v) is 6.16. The fraction of sp³-hybridized carbons (Fsp3) is 0.467. The van der Waals surface area contributed by atoms with Crippen molar-refractivity contribution in [2.24, 2.45) is 5.92 Å². The van der Waals surface area contributed by atoms with Crippen LogP contribution in [0.25, 0.3) is 0 Å². The van der Waals surface area contributed by atoms with Gasteiger partial charge in [0.1, 0.15) is 5.75 Å². The van der Waals surface area contributed by atoms with Crippen molar-refractivity contribution < 1.29 is 19.4 Å². The van der Waals surface area contributed by atoms with E-state index < -0.39 is 18.0 Å². The molecule has 0 aliphatic carbocycles. The molecule has 1 N–H and O–H groups in total. The Balaban J connectivity index is 1.98. The number of benzene rings is 1. The molecule has 1 amide bonds. The first-order valence-electron chi connectivity index (χ1n) is 6.83. The van der Waals surface area contributed by atoms with Gasteiger partial charge < -0.3 is 14.7 Å². The summed E-state index contributed by atoms with van der Waals surface area (Å²) in [6.07, 6.45) is -0.140. The Morgan fingerprint density at radius 2 is 2.19 bits per heavy atom. The molecule has 0 spiro atoms. The average molecular weight is 356 g/mol. The summed E-state index contributed by atoms with van der Waals surface area (Å²) in [5, 5.41) is 8.97. The smallest absolute Gasteiger partial charge is 0.308 e. The van der Waals surface area contributed by atoms with E-state index in [0.29, 0.717) is 18.7 Å². The Labute approximate surface area is 132 Å². The second kappa shape index (κ2) is 6.47. The number of nitrogens with zero attached hydrogens (tertiary/aromatic N) is 1. The lowest BCUT2D eigenvalue weighted by atomic mass is 10.1. The monoisotopic (exact) mass is 355 g/mol. The van der Waals surface area contributed by atoms with Crippen molar-refractivity contribution >= 4 is 27.8 Å². The Morgan fingerprint density at radius 3 is 2.76 bits per heavy atom. The lowest BCUT2D eigenvalue weighted by Crippen LogP contribution is -2.39. The quantitative estimate of drug-likeness (QED) is 0.900. The zero-order chi connectivity index (χ0) is 15.6. The molecular weight excluding hydrogens is 338 g/mol. The number of likely N-dealkylation sites (tertiary alicyclic amines) is 1. The fourth-order valence-corrected chi connectivity index (χ4v) is 2.95. The predicted molar refractivity (Wildman–Crippen MR) is 81.3 cm³/mol. The molecule has 1 aliphatic heterocycles. The lowest BCUT2D eigenvalue weighted by Gasteiger charge is -2.22.